The van der Waals surface area contributed by atoms with E-state index in [-0.39, 0.29) is 36.0 Å². The summed E-state index contributed by atoms with van der Waals surface area (Å²) in [5.41, 5.74) is 7.27. The van der Waals surface area contributed by atoms with Crippen molar-refractivity contribution in [3.05, 3.63) is 23.7 Å². The molecule has 176 valence electrons. The molecule has 2 aromatic rings. The summed E-state index contributed by atoms with van der Waals surface area (Å²) < 4.78 is 1.53. The molecule has 8 heteroatoms. The number of amides is 2. The number of pyridine rings is 1. The highest BCUT2D eigenvalue weighted by molar-refractivity contribution is 6.04. The molecule has 0 bridgehead atoms. The van der Waals surface area contributed by atoms with E-state index >= 15 is 0 Å². The summed E-state index contributed by atoms with van der Waals surface area (Å²) in [5, 5.41) is 4.95. The van der Waals surface area contributed by atoms with Crippen LogP contribution >= 0.6 is 0 Å². The minimum atomic E-state index is -0.635. The second-order valence-electron chi connectivity index (χ2n) is 11.1. The molecule has 2 aromatic heterocycles. The van der Waals surface area contributed by atoms with Crippen molar-refractivity contribution in [1.82, 2.24) is 19.7 Å². The molecule has 0 radical (unpaired) electrons. The van der Waals surface area contributed by atoms with Crippen molar-refractivity contribution in [3.8, 4) is 0 Å². The van der Waals surface area contributed by atoms with Crippen molar-refractivity contribution in [3.63, 3.8) is 0 Å². The van der Waals surface area contributed by atoms with Crippen LogP contribution in [0.5, 0.6) is 0 Å². The summed E-state index contributed by atoms with van der Waals surface area (Å²) in [6, 6.07) is 1.52. The molecule has 5 rings (SSSR count). The number of carbonyl (C=O) groups excluding carboxylic acids is 3. The fourth-order valence-corrected chi connectivity index (χ4v) is 6.36. The van der Waals surface area contributed by atoms with Crippen molar-refractivity contribution >= 4 is 28.5 Å². The summed E-state index contributed by atoms with van der Waals surface area (Å²) >= 11 is 0. The van der Waals surface area contributed by atoms with E-state index in [0.29, 0.717) is 40.3 Å². The standard InChI is InChI=1S/C25H33N5O3/c1-14-23-17(6-8-27-14)22(24(26)33)28-29(23)13-21(32)30-18-10-16(18)11-19(30)20(31)9-15-5-4-7-25(2,3)12-15/h6,8,15-16,18-19H,4-5,7,9-13H2,1-3H3,(H2,26,33)/t15-,16+,18+,19-/m0/s1. The molecule has 3 heterocycles. The van der Waals surface area contributed by atoms with Crippen LogP contribution in [0.2, 0.25) is 0 Å². The number of piperidine rings is 1. The van der Waals surface area contributed by atoms with Crippen LogP contribution < -0.4 is 5.73 Å². The zero-order valence-corrected chi connectivity index (χ0v) is 19.7. The molecular formula is C25H33N5O3. The summed E-state index contributed by atoms with van der Waals surface area (Å²) in [7, 11) is 0. The Balaban J connectivity index is 1.35. The van der Waals surface area contributed by atoms with Gasteiger partial charge < -0.3 is 10.6 Å². The number of Topliss-reactive ketones (excluding diaryl/α,β-unsaturated/α-hetero) is 1. The first-order valence-corrected chi connectivity index (χ1v) is 12.1. The number of aryl methyl sites for hydroxylation is 1. The lowest BCUT2D eigenvalue weighted by molar-refractivity contribution is -0.140. The van der Waals surface area contributed by atoms with E-state index in [0.717, 1.165) is 25.7 Å². The molecule has 3 aliphatic rings. The number of rotatable bonds is 6. The minimum absolute atomic E-state index is 0.0280. The van der Waals surface area contributed by atoms with E-state index in [1.54, 1.807) is 12.3 Å². The van der Waals surface area contributed by atoms with Gasteiger partial charge in [-0.1, -0.05) is 20.3 Å². The van der Waals surface area contributed by atoms with Crippen molar-refractivity contribution < 1.29 is 14.4 Å². The first-order chi connectivity index (χ1) is 15.6. The topological polar surface area (TPSA) is 111 Å². The Morgan fingerprint density at radius 3 is 2.76 bits per heavy atom. The van der Waals surface area contributed by atoms with Crippen molar-refractivity contribution in [2.24, 2.45) is 23.0 Å². The van der Waals surface area contributed by atoms with E-state index in [4.69, 9.17) is 5.73 Å². The third-order valence-corrected chi connectivity index (χ3v) is 7.92. The van der Waals surface area contributed by atoms with Gasteiger partial charge in [0.25, 0.3) is 5.91 Å². The van der Waals surface area contributed by atoms with Crippen molar-refractivity contribution in [1.29, 1.82) is 0 Å². The molecule has 33 heavy (non-hydrogen) atoms. The molecule has 3 fully saturated rings. The second-order valence-corrected chi connectivity index (χ2v) is 11.1. The fraction of sp³-hybridized carbons (Fsp3) is 0.640. The van der Waals surface area contributed by atoms with Crippen molar-refractivity contribution in [2.45, 2.75) is 84.3 Å². The zero-order chi connectivity index (χ0) is 23.5. The highest BCUT2D eigenvalue weighted by Crippen LogP contribution is 2.49. The Bertz CT molecular complexity index is 1140. The first-order valence-electron chi connectivity index (χ1n) is 12.1. The van der Waals surface area contributed by atoms with Crippen molar-refractivity contribution in [2.75, 3.05) is 0 Å². The second kappa shape index (κ2) is 7.92. The highest BCUT2D eigenvalue weighted by Gasteiger charge is 2.55. The van der Waals surface area contributed by atoms with Gasteiger partial charge in [0.05, 0.1) is 17.3 Å². The van der Waals surface area contributed by atoms with Gasteiger partial charge in [-0.25, -0.2) is 0 Å². The molecule has 0 spiro atoms. The van der Waals surface area contributed by atoms with Gasteiger partial charge in [0, 0.05) is 24.0 Å². The maximum Gasteiger partial charge on any atom is 0.269 e. The van der Waals surface area contributed by atoms with Gasteiger partial charge in [-0.15, -0.1) is 0 Å². The Morgan fingerprint density at radius 2 is 2.03 bits per heavy atom. The monoisotopic (exact) mass is 451 g/mol. The Morgan fingerprint density at radius 1 is 1.24 bits per heavy atom. The van der Waals surface area contributed by atoms with E-state index in [1.807, 2.05) is 11.8 Å². The quantitative estimate of drug-likeness (QED) is 0.726. The minimum Gasteiger partial charge on any atom is -0.364 e. The largest absolute Gasteiger partial charge is 0.364 e. The lowest BCUT2D eigenvalue weighted by atomic mass is 9.70. The molecule has 2 aliphatic carbocycles. The number of nitrogens with zero attached hydrogens (tertiary/aromatic N) is 4. The van der Waals surface area contributed by atoms with E-state index in [2.05, 4.69) is 23.9 Å². The lowest BCUT2D eigenvalue weighted by Crippen LogP contribution is -2.45. The number of hydrogen-bond acceptors (Lipinski definition) is 5. The number of hydrogen-bond donors (Lipinski definition) is 1. The third-order valence-electron chi connectivity index (χ3n) is 7.92. The number of primary amides is 1. The Labute approximate surface area is 193 Å². The van der Waals surface area contributed by atoms with Crippen LogP contribution in [0.3, 0.4) is 0 Å². The zero-order valence-electron chi connectivity index (χ0n) is 19.7. The van der Waals surface area contributed by atoms with Crippen LogP contribution in [-0.2, 0) is 16.1 Å². The van der Waals surface area contributed by atoms with Gasteiger partial charge >= 0.3 is 0 Å². The predicted octanol–water partition coefficient (Wildman–Crippen LogP) is 3.00. The average molecular weight is 452 g/mol. The molecule has 2 N–H and O–H groups in total. The SMILES string of the molecule is Cc1nccc2c(C(N)=O)nn(CC(=O)N3[C@@H]4C[C@@H]4C[C@H]3C(=O)C[C@@H]3CCCC(C)(C)C3)c12. The predicted molar refractivity (Wildman–Crippen MR) is 123 cm³/mol. The van der Waals surface area contributed by atoms with Gasteiger partial charge in [-0.05, 0) is 62.3 Å². The molecule has 0 unspecified atom stereocenters. The Kier molecular flexibility index (Phi) is 5.29. The van der Waals surface area contributed by atoms with E-state index < -0.39 is 5.91 Å². The first kappa shape index (κ1) is 22.0. The van der Waals surface area contributed by atoms with E-state index in [9.17, 15) is 14.4 Å². The van der Waals surface area contributed by atoms with Gasteiger partial charge in [0.2, 0.25) is 5.91 Å². The number of aromatic nitrogens is 3. The van der Waals surface area contributed by atoms with Crippen LogP contribution in [0, 0.1) is 24.2 Å². The molecule has 2 amide bonds. The van der Waals surface area contributed by atoms with Gasteiger partial charge in [0.15, 0.2) is 11.5 Å². The smallest absolute Gasteiger partial charge is 0.269 e. The molecule has 8 nitrogen and oxygen atoms in total. The van der Waals surface area contributed by atoms with Crippen LogP contribution in [0.4, 0.5) is 0 Å². The van der Waals surface area contributed by atoms with Crippen LogP contribution in [0.1, 0.15) is 75.0 Å². The third kappa shape index (κ3) is 4.04. The summed E-state index contributed by atoms with van der Waals surface area (Å²) in [4.78, 5) is 44.8. The van der Waals surface area contributed by atoms with Crippen LogP contribution in [-0.4, -0.2) is 49.3 Å². The summed E-state index contributed by atoms with van der Waals surface area (Å²) in [6.07, 6.45) is 8.49. The maximum atomic E-state index is 13.5. The molecule has 1 aliphatic heterocycles. The number of likely N-dealkylation sites (tertiary alicyclic amines) is 1. The van der Waals surface area contributed by atoms with Gasteiger partial charge in [-0.2, -0.15) is 5.10 Å². The summed E-state index contributed by atoms with van der Waals surface area (Å²) in [5.74, 6) is 0.301. The van der Waals surface area contributed by atoms with Gasteiger partial charge in [0.1, 0.15) is 6.54 Å². The number of ketones is 1. The normalized spacial score (nSPS) is 28.0. The Hall–Kier alpha value is -2.77. The molecule has 4 atom stereocenters. The number of fused-ring (bicyclic) bond motifs is 2. The molecular weight excluding hydrogens is 418 g/mol. The van der Waals surface area contributed by atoms with E-state index in [1.165, 1.54) is 17.5 Å². The fourth-order valence-electron chi connectivity index (χ4n) is 6.36. The lowest BCUT2D eigenvalue weighted by Gasteiger charge is -2.36. The maximum absolute atomic E-state index is 13.5. The number of carbonyl (C=O) groups is 3. The highest BCUT2D eigenvalue weighted by atomic mass is 16.2. The summed E-state index contributed by atoms with van der Waals surface area (Å²) in [6.45, 7) is 6.37. The average Bonchev–Trinajstić information content (AvgIpc) is 3.22. The number of nitrogens with two attached hydrogens (primary N) is 1. The molecule has 1 saturated heterocycles. The van der Waals surface area contributed by atoms with Crippen LogP contribution in [0.25, 0.3) is 10.9 Å². The van der Waals surface area contributed by atoms with Crippen LogP contribution in [0.15, 0.2) is 12.3 Å². The molecule has 2 saturated carbocycles. The van der Waals surface area contributed by atoms with Gasteiger partial charge in [-0.3, -0.25) is 24.0 Å². The molecule has 0 aromatic carbocycles.